The Hall–Kier alpha value is -1.63. The molecule has 0 aromatic carbocycles. The zero-order chi connectivity index (χ0) is 17.6. The first kappa shape index (κ1) is 16.8. The highest BCUT2D eigenvalue weighted by atomic mass is 35.5. The Bertz CT molecular complexity index is 803. The van der Waals surface area contributed by atoms with Crippen LogP contribution in [-0.4, -0.2) is 64.5 Å². The molecule has 0 aliphatic carbocycles. The number of fused-ring (bicyclic) bond motifs is 1. The number of amides is 1. The number of nitrogens with zero attached hydrogens (tertiary/aromatic N) is 4. The number of halogens is 1. The van der Waals surface area contributed by atoms with Gasteiger partial charge in [0.2, 0.25) is 0 Å². The third kappa shape index (κ3) is 3.03. The molecule has 4 heterocycles. The standard InChI is InChI=1S/C18H23ClN4O2/c1-21(2)17(24)16-14(23-11-13(19)3-4-15(23)20-16)12-22-8-5-18(6-9-22)7-10-25-18/h3-4,11H,5-10,12H2,1-2H3. The van der Waals surface area contributed by atoms with Crippen molar-refractivity contribution in [2.24, 2.45) is 0 Å². The molecule has 2 saturated heterocycles. The second-order valence-corrected chi connectivity index (χ2v) is 7.68. The lowest BCUT2D eigenvalue weighted by Crippen LogP contribution is -2.52. The van der Waals surface area contributed by atoms with Gasteiger partial charge in [0.05, 0.1) is 22.9 Å². The molecular weight excluding hydrogens is 340 g/mol. The Kier molecular flexibility index (Phi) is 4.22. The number of carbonyl (C=O) groups excluding carboxylic acids is 1. The number of pyridine rings is 1. The van der Waals surface area contributed by atoms with Crippen LogP contribution in [0, 0.1) is 0 Å². The molecule has 0 N–H and O–H groups in total. The third-order valence-electron chi connectivity index (χ3n) is 5.40. The number of hydrogen-bond acceptors (Lipinski definition) is 4. The molecule has 7 heteroatoms. The number of aromatic nitrogens is 2. The van der Waals surface area contributed by atoms with Crippen LogP contribution in [0.5, 0.6) is 0 Å². The number of rotatable bonds is 3. The van der Waals surface area contributed by atoms with Gasteiger partial charge in [-0.2, -0.15) is 0 Å². The molecule has 0 saturated carbocycles. The topological polar surface area (TPSA) is 50.1 Å². The van der Waals surface area contributed by atoms with Crippen LogP contribution in [0.1, 0.15) is 35.4 Å². The van der Waals surface area contributed by atoms with Crippen LogP contribution >= 0.6 is 11.6 Å². The zero-order valence-corrected chi connectivity index (χ0v) is 15.4. The van der Waals surface area contributed by atoms with Gasteiger partial charge in [-0.25, -0.2) is 4.98 Å². The molecule has 25 heavy (non-hydrogen) atoms. The molecule has 2 aliphatic rings. The van der Waals surface area contributed by atoms with E-state index in [1.165, 1.54) is 6.42 Å². The fourth-order valence-corrected chi connectivity index (χ4v) is 3.88. The lowest BCUT2D eigenvalue weighted by Gasteiger charge is -2.47. The van der Waals surface area contributed by atoms with Crippen molar-refractivity contribution >= 4 is 23.2 Å². The number of carbonyl (C=O) groups is 1. The maximum atomic E-state index is 12.6. The summed E-state index contributed by atoms with van der Waals surface area (Å²) in [6, 6.07) is 3.65. The van der Waals surface area contributed by atoms with Gasteiger partial charge in [-0.05, 0) is 31.4 Å². The summed E-state index contributed by atoms with van der Waals surface area (Å²) >= 11 is 6.17. The predicted molar refractivity (Wildman–Crippen MR) is 96.0 cm³/mol. The van der Waals surface area contributed by atoms with Gasteiger partial charge in [-0.1, -0.05) is 11.6 Å². The minimum absolute atomic E-state index is 0.0781. The van der Waals surface area contributed by atoms with Crippen LogP contribution in [0.25, 0.3) is 5.65 Å². The summed E-state index contributed by atoms with van der Waals surface area (Å²) in [5.74, 6) is -0.0781. The van der Waals surface area contributed by atoms with Crippen molar-refractivity contribution in [3.63, 3.8) is 0 Å². The molecule has 134 valence electrons. The summed E-state index contributed by atoms with van der Waals surface area (Å²) < 4.78 is 7.75. The largest absolute Gasteiger partial charge is 0.375 e. The van der Waals surface area contributed by atoms with Crippen molar-refractivity contribution in [2.45, 2.75) is 31.4 Å². The van der Waals surface area contributed by atoms with Crippen molar-refractivity contribution in [3.05, 3.63) is 34.7 Å². The van der Waals surface area contributed by atoms with E-state index in [2.05, 4.69) is 9.88 Å². The van der Waals surface area contributed by atoms with Gasteiger partial charge in [0.1, 0.15) is 5.65 Å². The summed E-state index contributed by atoms with van der Waals surface area (Å²) in [6.07, 6.45) is 5.13. The summed E-state index contributed by atoms with van der Waals surface area (Å²) in [4.78, 5) is 21.1. The fourth-order valence-electron chi connectivity index (χ4n) is 3.72. The van der Waals surface area contributed by atoms with Gasteiger partial charge >= 0.3 is 0 Å². The van der Waals surface area contributed by atoms with Crippen LogP contribution in [-0.2, 0) is 11.3 Å². The number of ether oxygens (including phenoxy) is 1. The Morgan fingerprint density at radius 3 is 2.64 bits per heavy atom. The monoisotopic (exact) mass is 362 g/mol. The molecule has 2 aromatic heterocycles. The van der Waals surface area contributed by atoms with Gasteiger partial charge in [0.25, 0.3) is 5.91 Å². The van der Waals surface area contributed by atoms with E-state index in [9.17, 15) is 4.79 Å². The van der Waals surface area contributed by atoms with E-state index in [0.29, 0.717) is 17.3 Å². The minimum atomic E-state index is -0.0781. The average molecular weight is 363 g/mol. The lowest BCUT2D eigenvalue weighted by molar-refractivity contribution is -0.173. The lowest BCUT2D eigenvalue weighted by atomic mass is 9.84. The van der Waals surface area contributed by atoms with Crippen molar-refractivity contribution in [2.75, 3.05) is 33.8 Å². The second kappa shape index (κ2) is 6.27. The smallest absolute Gasteiger partial charge is 0.273 e. The molecule has 6 nitrogen and oxygen atoms in total. The van der Waals surface area contributed by atoms with Crippen LogP contribution in [0.3, 0.4) is 0 Å². The van der Waals surface area contributed by atoms with Crippen molar-refractivity contribution < 1.29 is 9.53 Å². The third-order valence-corrected chi connectivity index (χ3v) is 5.62. The van der Waals surface area contributed by atoms with E-state index in [0.717, 1.165) is 43.9 Å². The Morgan fingerprint density at radius 1 is 1.32 bits per heavy atom. The fraction of sp³-hybridized carbons (Fsp3) is 0.556. The van der Waals surface area contributed by atoms with Gasteiger partial charge in [-0.15, -0.1) is 0 Å². The van der Waals surface area contributed by atoms with Crippen molar-refractivity contribution in [1.29, 1.82) is 0 Å². The number of imidazole rings is 1. The number of hydrogen-bond donors (Lipinski definition) is 0. The second-order valence-electron chi connectivity index (χ2n) is 7.24. The number of likely N-dealkylation sites (tertiary alicyclic amines) is 1. The summed E-state index contributed by atoms with van der Waals surface area (Å²) in [5.41, 5.74) is 2.29. The number of piperidine rings is 1. The highest BCUT2D eigenvalue weighted by Crippen LogP contribution is 2.37. The Labute approximate surface area is 152 Å². The first-order valence-corrected chi connectivity index (χ1v) is 9.10. The van der Waals surface area contributed by atoms with E-state index in [1.54, 1.807) is 25.1 Å². The van der Waals surface area contributed by atoms with Crippen LogP contribution in [0.15, 0.2) is 18.3 Å². The zero-order valence-electron chi connectivity index (χ0n) is 14.7. The minimum Gasteiger partial charge on any atom is -0.375 e. The highest BCUT2D eigenvalue weighted by molar-refractivity contribution is 6.30. The predicted octanol–water partition coefficient (Wildman–Crippen LogP) is 2.44. The summed E-state index contributed by atoms with van der Waals surface area (Å²) in [6.45, 7) is 3.53. The van der Waals surface area contributed by atoms with Gasteiger partial charge in [0, 0.05) is 39.9 Å². The van der Waals surface area contributed by atoms with E-state index < -0.39 is 0 Å². The summed E-state index contributed by atoms with van der Waals surface area (Å²) in [7, 11) is 3.50. The summed E-state index contributed by atoms with van der Waals surface area (Å²) in [5, 5.41) is 0.635. The van der Waals surface area contributed by atoms with E-state index in [4.69, 9.17) is 16.3 Å². The van der Waals surface area contributed by atoms with Gasteiger partial charge < -0.3 is 14.0 Å². The molecular formula is C18H23ClN4O2. The first-order valence-electron chi connectivity index (χ1n) is 8.72. The van der Waals surface area contributed by atoms with Gasteiger partial charge in [0.15, 0.2) is 5.69 Å². The maximum Gasteiger partial charge on any atom is 0.273 e. The molecule has 2 aliphatic heterocycles. The quantitative estimate of drug-likeness (QED) is 0.841. The molecule has 0 atom stereocenters. The molecule has 0 bridgehead atoms. The molecule has 1 spiro atoms. The SMILES string of the molecule is CN(C)C(=O)c1nc2ccc(Cl)cn2c1CN1CCC2(CCO2)CC1. The maximum absolute atomic E-state index is 12.6. The normalized spacial score (nSPS) is 20.0. The first-order chi connectivity index (χ1) is 12.0. The molecule has 2 aromatic rings. The van der Waals surface area contributed by atoms with E-state index in [1.807, 2.05) is 16.7 Å². The van der Waals surface area contributed by atoms with Crippen LogP contribution < -0.4 is 0 Å². The van der Waals surface area contributed by atoms with E-state index in [-0.39, 0.29) is 11.5 Å². The molecule has 4 rings (SSSR count). The molecule has 1 amide bonds. The van der Waals surface area contributed by atoms with Crippen molar-refractivity contribution in [1.82, 2.24) is 19.2 Å². The molecule has 0 radical (unpaired) electrons. The Morgan fingerprint density at radius 2 is 2.04 bits per heavy atom. The molecule has 0 unspecified atom stereocenters. The highest BCUT2D eigenvalue weighted by Gasteiger charge is 2.41. The molecule has 2 fully saturated rings. The Balaban J connectivity index is 1.63. The van der Waals surface area contributed by atoms with E-state index >= 15 is 0 Å². The van der Waals surface area contributed by atoms with Crippen molar-refractivity contribution in [3.8, 4) is 0 Å². The average Bonchev–Trinajstić information content (AvgIpc) is 2.91. The van der Waals surface area contributed by atoms with Gasteiger partial charge in [-0.3, -0.25) is 9.69 Å². The van der Waals surface area contributed by atoms with Crippen LogP contribution in [0.4, 0.5) is 0 Å². The van der Waals surface area contributed by atoms with Crippen LogP contribution in [0.2, 0.25) is 5.02 Å².